The zero-order valence-electron chi connectivity index (χ0n) is 9.10. The summed E-state index contributed by atoms with van der Waals surface area (Å²) in [5.74, 6) is -1.64. The number of rotatable bonds is 4. The SMILES string of the molecule is CS(=O)(=O)CCNC(=O)c1cc(F)cnc1N. The number of anilines is 1. The molecule has 0 saturated heterocycles. The van der Waals surface area contributed by atoms with Crippen molar-refractivity contribution in [3.63, 3.8) is 0 Å². The first kappa shape index (κ1) is 13.4. The third kappa shape index (κ3) is 4.35. The first-order valence-corrected chi connectivity index (χ1v) is 6.72. The van der Waals surface area contributed by atoms with Crippen LogP contribution in [0.1, 0.15) is 10.4 Å². The molecule has 1 heterocycles. The lowest BCUT2D eigenvalue weighted by Gasteiger charge is -2.06. The highest BCUT2D eigenvalue weighted by Crippen LogP contribution is 2.09. The quantitative estimate of drug-likeness (QED) is 0.766. The third-order valence-electron chi connectivity index (χ3n) is 1.89. The Bertz CT molecular complexity index is 530. The van der Waals surface area contributed by atoms with Crippen LogP contribution in [0, 0.1) is 5.82 Å². The lowest BCUT2D eigenvalue weighted by atomic mass is 10.2. The Balaban J connectivity index is 2.67. The standard InChI is InChI=1S/C9H12FN3O3S/c1-17(15,16)3-2-12-9(14)7-4-6(10)5-13-8(7)11/h4-5H,2-3H2,1H3,(H2,11,13)(H,12,14). The van der Waals surface area contributed by atoms with E-state index in [-0.39, 0.29) is 23.7 Å². The van der Waals surface area contributed by atoms with Crippen molar-refractivity contribution in [2.45, 2.75) is 0 Å². The second kappa shape index (κ2) is 5.09. The Kier molecular flexibility index (Phi) is 4.00. The fraction of sp³-hybridized carbons (Fsp3) is 0.333. The van der Waals surface area contributed by atoms with Gasteiger partial charge < -0.3 is 11.1 Å². The van der Waals surface area contributed by atoms with Gasteiger partial charge in [-0.1, -0.05) is 0 Å². The molecule has 1 amide bonds. The van der Waals surface area contributed by atoms with E-state index >= 15 is 0 Å². The molecule has 0 unspecified atom stereocenters. The molecule has 0 spiro atoms. The molecule has 94 valence electrons. The van der Waals surface area contributed by atoms with Crippen LogP contribution >= 0.6 is 0 Å². The van der Waals surface area contributed by atoms with Gasteiger partial charge in [-0.15, -0.1) is 0 Å². The summed E-state index contributed by atoms with van der Waals surface area (Å²) in [6.07, 6.45) is 1.94. The van der Waals surface area contributed by atoms with E-state index in [0.29, 0.717) is 0 Å². The summed E-state index contributed by atoms with van der Waals surface area (Å²) in [7, 11) is -3.16. The van der Waals surface area contributed by atoms with Crippen molar-refractivity contribution in [1.82, 2.24) is 10.3 Å². The number of amides is 1. The van der Waals surface area contributed by atoms with Crippen LogP contribution in [0.2, 0.25) is 0 Å². The van der Waals surface area contributed by atoms with Crippen molar-refractivity contribution in [3.05, 3.63) is 23.6 Å². The average molecular weight is 261 g/mol. The minimum atomic E-state index is -3.16. The number of hydrogen-bond acceptors (Lipinski definition) is 5. The Morgan fingerprint density at radius 3 is 2.82 bits per heavy atom. The van der Waals surface area contributed by atoms with E-state index in [1.165, 1.54) is 0 Å². The molecule has 0 aliphatic rings. The maximum atomic E-state index is 12.8. The molecule has 0 saturated carbocycles. The van der Waals surface area contributed by atoms with E-state index in [9.17, 15) is 17.6 Å². The topological polar surface area (TPSA) is 102 Å². The first-order valence-electron chi connectivity index (χ1n) is 4.66. The molecule has 3 N–H and O–H groups in total. The molecule has 0 atom stereocenters. The maximum absolute atomic E-state index is 12.8. The molecule has 1 rings (SSSR count). The lowest BCUT2D eigenvalue weighted by molar-refractivity contribution is 0.0956. The second-order valence-electron chi connectivity index (χ2n) is 3.47. The van der Waals surface area contributed by atoms with Crippen LogP contribution in [0.5, 0.6) is 0 Å². The summed E-state index contributed by atoms with van der Waals surface area (Å²) < 4.78 is 34.5. The zero-order chi connectivity index (χ0) is 13.1. The largest absolute Gasteiger partial charge is 0.383 e. The highest BCUT2D eigenvalue weighted by Gasteiger charge is 2.12. The van der Waals surface area contributed by atoms with Gasteiger partial charge in [-0.3, -0.25) is 4.79 Å². The highest BCUT2D eigenvalue weighted by molar-refractivity contribution is 7.90. The molecule has 0 fully saturated rings. The number of halogens is 1. The van der Waals surface area contributed by atoms with Gasteiger partial charge in [-0.25, -0.2) is 17.8 Å². The number of hydrogen-bond donors (Lipinski definition) is 2. The van der Waals surface area contributed by atoms with E-state index in [4.69, 9.17) is 5.73 Å². The molecule has 6 nitrogen and oxygen atoms in total. The molecule has 8 heteroatoms. The number of nitrogens with two attached hydrogens (primary N) is 1. The van der Waals surface area contributed by atoms with E-state index in [1.54, 1.807) is 0 Å². The van der Waals surface area contributed by atoms with Gasteiger partial charge in [0.05, 0.1) is 17.5 Å². The Hall–Kier alpha value is -1.70. The number of pyridine rings is 1. The van der Waals surface area contributed by atoms with Crippen molar-refractivity contribution in [2.75, 3.05) is 24.3 Å². The number of nitrogens with one attached hydrogen (secondary N) is 1. The summed E-state index contributed by atoms with van der Waals surface area (Å²) in [6, 6.07) is 0.943. The van der Waals surface area contributed by atoms with Gasteiger partial charge >= 0.3 is 0 Å². The van der Waals surface area contributed by atoms with Gasteiger partial charge in [0.2, 0.25) is 0 Å². The normalized spacial score (nSPS) is 11.2. The van der Waals surface area contributed by atoms with Crippen molar-refractivity contribution < 1.29 is 17.6 Å². The molecule has 0 aliphatic heterocycles. The van der Waals surface area contributed by atoms with Crippen molar-refractivity contribution in [2.24, 2.45) is 0 Å². The van der Waals surface area contributed by atoms with Crippen LogP contribution in [0.4, 0.5) is 10.2 Å². The summed E-state index contributed by atoms with van der Waals surface area (Å²) in [4.78, 5) is 15.0. The van der Waals surface area contributed by atoms with E-state index < -0.39 is 21.6 Å². The van der Waals surface area contributed by atoms with Gasteiger partial charge in [0.1, 0.15) is 21.5 Å². The van der Waals surface area contributed by atoms with Gasteiger partial charge in [-0.2, -0.15) is 0 Å². The van der Waals surface area contributed by atoms with Crippen molar-refractivity contribution in [3.8, 4) is 0 Å². The number of aromatic nitrogens is 1. The molecular formula is C9H12FN3O3S. The number of carbonyl (C=O) groups is 1. The molecule has 17 heavy (non-hydrogen) atoms. The van der Waals surface area contributed by atoms with E-state index in [0.717, 1.165) is 18.5 Å². The monoisotopic (exact) mass is 261 g/mol. The van der Waals surface area contributed by atoms with Gasteiger partial charge in [0.15, 0.2) is 0 Å². The molecule has 0 aliphatic carbocycles. The smallest absolute Gasteiger partial charge is 0.255 e. The molecule has 1 aromatic heterocycles. The minimum absolute atomic E-state index is 0.0619. The van der Waals surface area contributed by atoms with E-state index in [2.05, 4.69) is 10.3 Å². The fourth-order valence-corrected chi connectivity index (χ4v) is 1.55. The third-order valence-corrected chi connectivity index (χ3v) is 2.83. The minimum Gasteiger partial charge on any atom is -0.383 e. The summed E-state index contributed by atoms with van der Waals surface area (Å²) >= 11 is 0. The Morgan fingerprint density at radius 1 is 1.59 bits per heavy atom. The number of carbonyl (C=O) groups excluding carboxylic acids is 1. The first-order chi connectivity index (χ1) is 7.79. The van der Waals surface area contributed by atoms with Crippen LogP contribution in [0.15, 0.2) is 12.3 Å². The summed E-state index contributed by atoms with van der Waals surface area (Å²) in [6.45, 7) is -0.0619. The molecule has 1 aromatic rings. The van der Waals surface area contributed by atoms with Gasteiger partial charge in [-0.05, 0) is 6.07 Å². The zero-order valence-corrected chi connectivity index (χ0v) is 9.92. The molecule has 0 radical (unpaired) electrons. The van der Waals surface area contributed by atoms with Crippen LogP contribution in [-0.4, -0.2) is 37.9 Å². The Morgan fingerprint density at radius 2 is 2.24 bits per heavy atom. The van der Waals surface area contributed by atoms with Crippen molar-refractivity contribution in [1.29, 1.82) is 0 Å². The summed E-state index contributed by atoms with van der Waals surface area (Å²) in [5, 5.41) is 2.32. The van der Waals surface area contributed by atoms with Gasteiger partial charge in [0.25, 0.3) is 5.91 Å². The predicted octanol–water partition coefficient (Wildman–Crippen LogP) is -0.423. The van der Waals surface area contributed by atoms with E-state index in [1.807, 2.05) is 0 Å². The molecule has 0 aromatic carbocycles. The van der Waals surface area contributed by atoms with Gasteiger partial charge in [0, 0.05) is 12.8 Å². The van der Waals surface area contributed by atoms with Crippen LogP contribution in [0.25, 0.3) is 0 Å². The van der Waals surface area contributed by atoms with Crippen LogP contribution in [0.3, 0.4) is 0 Å². The molecule has 0 bridgehead atoms. The average Bonchev–Trinajstić information content (AvgIpc) is 2.19. The van der Waals surface area contributed by atoms with Crippen molar-refractivity contribution >= 4 is 21.6 Å². The predicted molar refractivity (Wildman–Crippen MR) is 60.7 cm³/mol. The Labute approximate surface area is 98.0 Å². The summed E-state index contributed by atoms with van der Waals surface area (Å²) in [5.41, 5.74) is 5.28. The maximum Gasteiger partial charge on any atom is 0.255 e. The van der Waals surface area contributed by atoms with Crippen LogP contribution in [-0.2, 0) is 9.84 Å². The second-order valence-corrected chi connectivity index (χ2v) is 5.73. The molecular weight excluding hydrogens is 249 g/mol. The lowest BCUT2D eigenvalue weighted by Crippen LogP contribution is -2.29. The van der Waals surface area contributed by atoms with Crippen LogP contribution < -0.4 is 11.1 Å². The number of nitrogens with zero attached hydrogens (tertiary/aromatic N) is 1. The fourth-order valence-electron chi connectivity index (χ4n) is 1.08. The number of sulfone groups is 1. The number of nitrogen functional groups attached to an aromatic ring is 1. The highest BCUT2D eigenvalue weighted by atomic mass is 32.2.